The molecule has 2 aromatic carbocycles. The molecule has 1 fully saturated rings. The fourth-order valence-corrected chi connectivity index (χ4v) is 4.15. The van der Waals surface area contributed by atoms with Gasteiger partial charge in [0.25, 0.3) is 0 Å². The van der Waals surface area contributed by atoms with Crippen LogP contribution in [0.1, 0.15) is 15.9 Å². The fraction of sp³-hybridized carbons (Fsp3) is 0.280. The molecular formula is C25H26BrN3O4. The van der Waals surface area contributed by atoms with Crippen molar-refractivity contribution >= 4 is 21.7 Å². The van der Waals surface area contributed by atoms with Gasteiger partial charge in [-0.15, -0.1) is 0 Å². The van der Waals surface area contributed by atoms with Crippen molar-refractivity contribution in [1.82, 2.24) is 14.5 Å². The standard InChI is InChI=1S/C25H26BrN3O4/c1-28(2)13-11-24(30)19-7-9-20(10-8-19)31-15-21-16-32-25(33-21,17-29-14-12-27-18-29)22-5-3-4-6-23(22)26/h3-14,18,21H,15-17H2,1-2H3. The van der Waals surface area contributed by atoms with E-state index in [9.17, 15) is 4.79 Å². The number of ether oxygens (including phenoxy) is 3. The van der Waals surface area contributed by atoms with Gasteiger partial charge >= 0.3 is 0 Å². The van der Waals surface area contributed by atoms with Crippen LogP contribution < -0.4 is 4.74 Å². The minimum absolute atomic E-state index is 0.0551. The summed E-state index contributed by atoms with van der Waals surface area (Å²) in [6.45, 7) is 1.18. The Labute approximate surface area is 201 Å². The van der Waals surface area contributed by atoms with Crippen molar-refractivity contribution in [2.75, 3.05) is 27.3 Å². The van der Waals surface area contributed by atoms with Gasteiger partial charge in [-0.05, 0) is 30.3 Å². The van der Waals surface area contributed by atoms with Crippen molar-refractivity contribution in [2.24, 2.45) is 0 Å². The van der Waals surface area contributed by atoms with Crippen molar-refractivity contribution < 1.29 is 19.0 Å². The molecule has 7 nitrogen and oxygen atoms in total. The lowest BCUT2D eigenvalue weighted by Gasteiger charge is -2.30. The summed E-state index contributed by atoms with van der Waals surface area (Å²) >= 11 is 3.63. The number of carbonyl (C=O) groups is 1. The summed E-state index contributed by atoms with van der Waals surface area (Å²) in [4.78, 5) is 18.1. The highest BCUT2D eigenvalue weighted by atomic mass is 79.9. The summed E-state index contributed by atoms with van der Waals surface area (Å²) in [6, 6.07) is 15.0. The van der Waals surface area contributed by atoms with Gasteiger partial charge in [-0.3, -0.25) is 4.79 Å². The van der Waals surface area contributed by atoms with Crippen molar-refractivity contribution in [2.45, 2.75) is 18.4 Å². The average molecular weight is 512 g/mol. The fourth-order valence-electron chi connectivity index (χ4n) is 3.56. The van der Waals surface area contributed by atoms with E-state index in [1.165, 1.54) is 0 Å². The molecule has 0 radical (unpaired) electrons. The van der Waals surface area contributed by atoms with E-state index < -0.39 is 5.79 Å². The molecule has 3 aromatic rings. The Bertz CT molecular complexity index is 1100. The third-order valence-corrected chi connectivity index (χ3v) is 5.88. The van der Waals surface area contributed by atoms with Gasteiger partial charge in [0.2, 0.25) is 5.79 Å². The van der Waals surface area contributed by atoms with Crippen LogP contribution in [0.3, 0.4) is 0 Å². The molecule has 0 saturated carbocycles. The predicted molar refractivity (Wildman–Crippen MR) is 128 cm³/mol. The third kappa shape index (κ3) is 5.71. The average Bonchev–Trinajstić information content (AvgIpc) is 3.47. The lowest BCUT2D eigenvalue weighted by atomic mass is 10.1. The molecule has 172 valence electrons. The van der Waals surface area contributed by atoms with Crippen LogP contribution in [0.5, 0.6) is 5.75 Å². The first-order chi connectivity index (χ1) is 15.9. The minimum Gasteiger partial charge on any atom is -0.491 e. The Kier molecular flexibility index (Phi) is 7.27. The molecule has 2 atom stereocenters. The highest BCUT2D eigenvalue weighted by molar-refractivity contribution is 9.10. The Morgan fingerprint density at radius 1 is 1.27 bits per heavy atom. The number of halogens is 1. The molecule has 1 aliphatic heterocycles. The molecule has 0 spiro atoms. The van der Waals surface area contributed by atoms with Crippen LogP contribution in [-0.2, 0) is 21.8 Å². The molecule has 0 bridgehead atoms. The van der Waals surface area contributed by atoms with Crippen molar-refractivity contribution in [3.05, 3.63) is 95.1 Å². The summed E-state index contributed by atoms with van der Waals surface area (Å²) in [5.41, 5.74) is 1.52. The topological polar surface area (TPSA) is 65.8 Å². The second-order valence-electron chi connectivity index (χ2n) is 8.00. The first-order valence-corrected chi connectivity index (χ1v) is 11.4. The summed E-state index contributed by atoms with van der Waals surface area (Å²) in [5.74, 6) is -0.343. The molecular weight excluding hydrogens is 486 g/mol. The van der Waals surface area contributed by atoms with E-state index in [-0.39, 0.29) is 11.9 Å². The first kappa shape index (κ1) is 23.2. The molecule has 4 rings (SSSR count). The van der Waals surface area contributed by atoms with Crippen LogP contribution in [-0.4, -0.2) is 53.6 Å². The maximum absolute atomic E-state index is 12.2. The van der Waals surface area contributed by atoms with Crippen molar-refractivity contribution in [3.63, 3.8) is 0 Å². The van der Waals surface area contributed by atoms with Crippen LogP contribution in [0.25, 0.3) is 0 Å². The third-order valence-electron chi connectivity index (χ3n) is 5.19. The molecule has 33 heavy (non-hydrogen) atoms. The number of benzene rings is 2. The van der Waals surface area contributed by atoms with Crippen LogP contribution in [0, 0.1) is 0 Å². The zero-order valence-corrected chi connectivity index (χ0v) is 20.1. The number of ketones is 1. The molecule has 0 amide bonds. The zero-order chi connectivity index (χ0) is 23.3. The van der Waals surface area contributed by atoms with Gasteiger partial charge in [-0.25, -0.2) is 4.98 Å². The lowest BCUT2D eigenvalue weighted by Crippen LogP contribution is -2.34. The van der Waals surface area contributed by atoms with Crippen LogP contribution in [0.15, 0.2) is 84.0 Å². The summed E-state index contributed by atoms with van der Waals surface area (Å²) < 4.78 is 21.5. The largest absolute Gasteiger partial charge is 0.491 e. The Balaban J connectivity index is 1.42. The van der Waals surface area contributed by atoms with Gasteiger partial charge in [0.1, 0.15) is 18.5 Å². The molecule has 1 saturated heterocycles. The Morgan fingerprint density at radius 3 is 2.76 bits per heavy atom. The van der Waals surface area contributed by atoms with E-state index in [1.807, 2.05) is 54.0 Å². The number of hydrogen-bond acceptors (Lipinski definition) is 6. The SMILES string of the molecule is CN(C)C=CC(=O)c1ccc(OCC2COC(Cn3ccnc3)(c3ccccc3Br)O2)cc1. The predicted octanol–water partition coefficient (Wildman–Crippen LogP) is 4.25. The van der Waals surface area contributed by atoms with E-state index >= 15 is 0 Å². The van der Waals surface area contributed by atoms with Gasteiger partial charge in [0, 0.05) is 54.4 Å². The summed E-state index contributed by atoms with van der Waals surface area (Å²) in [7, 11) is 3.74. The second kappa shape index (κ2) is 10.3. The van der Waals surface area contributed by atoms with E-state index in [4.69, 9.17) is 14.2 Å². The van der Waals surface area contributed by atoms with E-state index in [2.05, 4.69) is 20.9 Å². The van der Waals surface area contributed by atoms with Gasteiger partial charge in [0.05, 0.1) is 19.5 Å². The van der Waals surface area contributed by atoms with Crippen molar-refractivity contribution in [1.29, 1.82) is 0 Å². The van der Waals surface area contributed by atoms with Crippen LogP contribution in [0.4, 0.5) is 0 Å². The lowest BCUT2D eigenvalue weighted by molar-refractivity contribution is -0.189. The Hall–Kier alpha value is -2.94. The normalized spacial score (nSPS) is 20.3. The second-order valence-corrected chi connectivity index (χ2v) is 8.85. The molecule has 2 unspecified atom stereocenters. The molecule has 1 aliphatic rings. The molecule has 8 heteroatoms. The number of rotatable bonds is 9. The number of carbonyl (C=O) groups excluding carboxylic acids is 1. The minimum atomic E-state index is -0.954. The van der Waals surface area contributed by atoms with Crippen molar-refractivity contribution in [3.8, 4) is 5.75 Å². The number of hydrogen-bond donors (Lipinski definition) is 0. The smallest absolute Gasteiger partial charge is 0.215 e. The molecule has 2 heterocycles. The highest BCUT2D eigenvalue weighted by Gasteiger charge is 2.45. The number of nitrogens with zero attached hydrogens (tertiary/aromatic N) is 3. The molecule has 0 N–H and O–H groups in total. The van der Waals surface area contributed by atoms with Gasteiger partial charge in [-0.1, -0.05) is 34.1 Å². The van der Waals surface area contributed by atoms with E-state index in [0.29, 0.717) is 31.1 Å². The van der Waals surface area contributed by atoms with Gasteiger partial charge < -0.3 is 23.7 Å². The van der Waals surface area contributed by atoms with Gasteiger partial charge in [0.15, 0.2) is 5.78 Å². The quantitative estimate of drug-likeness (QED) is 0.316. The van der Waals surface area contributed by atoms with E-state index in [1.54, 1.807) is 49.1 Å². The van der Waals surface area contributed by atoms with E-state index in [0.717, 1.165) is 10.0 Å². The molecule has 0 aliphatic carbocycles. The first-order valence-electron chi connectivity index (χ1n) is 10.6. The summed E-state index contributed by atoms with van der Waals surface area (Å²) in [5, 5.41) is 0. The van der Waals surface area contributed by atoms with Crippen LogP contribution in [0.2, 0.25) is 0 Å². The Morgan fingerprint density at radius 2 is 2.06 bits per heavy atom. The number of imidazole rings is 1. The molecule has 1 aromatic heterocycles. The number of allylic oxidation sites excluding steroid dienone is 1. The van der Waals surface area contributed by atoms with Crippen LogP contribution >= 0.6 is 15.9 Å². The zero-order valence-electron chi connectivity index (χ0n) is 18.6. The highest BCUT2D eigenvalue weighted by Crippen LogP contribution is 2.39. The van der Waals surface area contributed by atoms with Gasteiger partial charge in [-0.2, -0.15) is 0 Å². The maximum atomic E-state index is 12.2. The summed E-state index contributed by atoms with van der Waals surface area (Å²) in [6.07, 6.45) is 8.36. The monoisotopic (exact) mass is 511 g/mol. The number of aromatic nitrogens is 2. The maximum Gasteiger partial charge on any atom is 0.215 e.